The lowest BCUT2D eigenvalue weighted by Gasteiger charge is -2.34. The summed E-state index contributed by atoms with van der Waals surface area (Å²) >= 11 is 0. The van der Waals surface area contributed by atoms with Crippen molar-refractivity contribution >= 4 is 5.91 Å². The van der Waals surface area contributed by atoms with Crippen LogP contribution in [0.3, 0.4) is 0 Å². The third-order valence-electron chi connectivity index (χ3n) is 5.21. The van der Waals surface area contributed by atoms with Crippen molar-refractivity contribution in [3.63, 3.8) is 0 Å². The fraction of sp³-hybridized carbons (Fsp3) is 0.909. The van der Waals surface area contributed by atoms with Gasteiger partial charge in [0.05, 0.1) is 5.41 Å². The van der Waals surface area contributed by atoms with Gasteiger partial charge in [0.1, 0.15) is 0 Å². The smallest absolute Gasteiger partial charge is 0.244 e. The minimum atomic E-state index is -0.0770. The van der Waals surface area contributed by atoms with Crippen LogP contribution in [0.15, 0.2) is 0 Å². The van der Waals surface area contributed by atoms with E-state index in [2.05, 4.69) is 19.3 Å². The number of nitrogens with one attached hydrogen (secondary N) is 1. The van der Waals surface area contributed by atoms with Crippen LogP contribution in [0.4, 0.5) is 0 Å². The van der Waals surface area contributed by atoms with Gasteiger partial charge in [0, 0.05) is 13.1 Å². The number of hydrogen-bond donors (Lipinski definition) is 1. The van der Waals surface area contributed by atoms with Gasteiger partial charge < -0.3 is 0 Å². The van der Waals surface area contributed by atoms with Crippen molar-refractivity contribution in [1.29, 1.82) is 0 Å². The quantitative estimate of drug-likeness (QED) is 0.627. The number of hydrogen-bond acceptors (Lipinski definition) is 2. The predicted octanol–water partition coefficient (Wildman–Crippen LogP) is 1.16. The third kappa shape index (κ3) is 0.630. The van der Waals surface area contributed by atoms with E-state index in [1.165, 1.54) is 12.8 Å². The zero-order chi connectivity index (χ0) is 10.1. The Morgan fingerprint density at radius 1 is 1.50 bits per heavy atom. The Morgan fingerprint density at radius 2 is 2.21 bits per heavy atom. The molecule has 0 aromatic carbocycles. The van der Waals surface area contributed by atoms with Crippen molar-refractivity contribution in [3.8, 4) is 0 Å². The fourth-order valence-corrected chi connectivity index (χ4v) is 4.26. The number of hydrazine groups is 1. The maximum Gasteiger partial charge on any atom is 0.244 e. The summed E-state index contributed by atoms with van der Waals surface area (Å²) in [4.78, 5) is 12.2. The second-order valence-electron chi connectivity index (χ2n) is 5.71. The van der Waals surface area contributed by atoms with Crippen LogP contribution in [-0.2, 0) is 4.79 Å². The molecule has 1 N–H and O–H groups in total. The Balaban J connectivity index is 2.14. The van der Waals surface area contributed by atoms with Crippen molar-refractivity contribution in [1.82, 2.24) is 10.4 Å². The van der Waals surface area contributed by atoms with Crippen LogP contribution < -0.4 is 5.43 Å². The van der Waals surface area contributed by atoms with Crippen LogP contribution in [0.25, 0.3) is 0 Å². The highest BCUT2D eigenvalue weighted by Gasteiger charge is 2.71. The van der Waals surface area contributed by atoms with Gasteiger partial charge in [-0.2, -0.15) is 0 Å². The van der Waals surface area contributed by atoms with Gasteiger partial charge in [-0.05, 0) is 30.6 Å². The molecular weight excluding hydrogens is 176 g/mol. The number of carbonyl (C=O) groups excluding carboxylic acids is 1. The van der Waals surface area contributed by atoms with Gasteiger partial charge in [-0.15, -0.1) is 0 Å². The Kier molecular flexibility index (Phi) is 1.34. The van der Waals surface area contributed by atoms with Crippen LogP contribution in [0.2, 0.25) is 0 Å². The molecule has 0 radical (unpaired) electrons. The lowest BCUT2D eigenvalue weighted by Crippen LogP contribution is -2.42. The number of carbonyl (C=O) groups is 1. The summed E-state index contributed by atoms with van der Waals surface area (Å²) in [5.74, 6) is 1.07. The van der Waals surface area contributed by atoms with E-state index in [-0.39, 0.29) is 10.8 Å². The summed E-state index contributed by atoms with van der Waals surface area (Å²) in [5.41, 5.74) is 3.45. The van der Waals surface area contributed by atoms with E-state index < -0.39 is 0 Å². The molecule has 2 aliphatic carbocycles. The monoisotopic (exact) mass is 194 g/mol. The van der Waals surface area contributed by atoms with E-state index in [1.54, 1.807) is 5.01 Å². The first-order valence-corrected chi connectivity index (χ1v) is 5.54. The summed E-state index contributed by atoms with van der Waals surface area (Å²) in [6, 6.07) is 0.411. The summed E-state index contributed by atoms with van der Waals surface area (Å²) in [6.07, 6.45) is 3.51. The number of amides is 1. The third-order valence-corrected chi connectivity index (χ3v) is 5.21. The van der Waals surface area contributed by atoms with Gasteiger partial charge in [0.2, 0.25) is 5.91 Å². The van der Waals surface area contributed by atoms with Gasteiger partial charge >= 0.3 is 0 Å². The van der Waals surface area contributed by atoms with Gasteiger partial charge in [0.25, 0.3) is 0 Å². The Labute approximate surface area is 84.8 Å². The molecule has 3 atom stereocenters. The second kappa shape index (κ2) is 2.16. The maximum absolute atomic E-state index is 12.2. The Morgan fingerprint density at radius 3 is 2.79 bits per heavy atom. The normalized spacial score (nSPS) is 48.8. The molecule has 14 heavy (non-hydrogen) atoms. The first-order chi connectivity index (χ1) is 6.50. The molecule has 0 aromatic rings. The predicted molar refractivity (Wildman–Crippen MR) is 53.2 cm³/mol. The fourth-order valence-electron chi connectivity index (χ4n) is 4.26. The topological polar surface area (TPSA) is 32.3 Å². The van der Waals surface area contributed by atoms with Crippen LogP contribution >= 0.6 is 0 Å². The summed E-state index contributed by atoms with van der Waals surface area (Å²) in [5, 5.41) is 1.72. The second-order valence-corrected chi connectivity index (χ2v) is 5.71. The lowest BCUT2D eigenvalue weighted by molar-refractivity contribution is -0.139. The molecular formula is C11H18N2O. The van der Waals surface area contributed by atoms with E-state index >= 15 is 0 Å². The number of fused-ring (bicyclic) bond motifs is 1. The molecule has 1 amide bonds. The highest BCUT2D eigenvalue weighted by atomic mass is 16.2. The zero-order valence-electron chi connectivity index (χ0n) is 9.13. The number of nitrogens with zero attached hydrogens (tertiary/aromatic N) is 1. The van der Waals surface area contributed by atoms with Crippen molar-refractivity contribution < 1.29 is 4.79 Å². The Bertz CT molecular complexity index is 312. The minimum Gasteiger partial charge on any atom is -0.280 e. The minimum absolute atomic E-state index is 0.0770. The first-order valence-electron chi connectivity index (χ1n) is 5.54. The van der Waals surface area contributed by atoms with E-state index in [1.807, 2.05) is 7.05 Å². The van der Waals surface area contributed by atoms with Crippen LogP contribution in [0, 0.1) is 16.7 Å². The van der Waals surface area contributed by atoms with E-state index in [0.29, 0.717) is 11.9 Å². The van der Waals surface area contributed by atoms with Crippen molar-refractivity contribution in [2.45, 2.75) is 39.2 Å². The molecule has 3 heteroatoms. The highest BCUT2D eigenvalue weighted by molar-refractivity contribution is 5.87. The Hall–Kier alpha value is -0.570. The summed E-state index contributed by atoms with van der Waals surface area (Å²) in [6.45, 7) is 4.56. The summed E-state index contributed by atoms with van der Waals surface area (Å²) in [7, 11) is 1.86. The highest BCUT2D eigenvalue weighted by Crippen LogP contribution is 2.67. The molecule has 1 spiro atoms. The van der Waals surface area contributed by atoms with Crippen molar-refractivity contribution in [2.75, 3.05) is 7.05 Å². The van der Waals surface area contributed by atoms with Gasteiger partial charge in [-0.25, -0.2) is 5.43 Å². The molecule has 2 bridgehead atoms. The molecule has 78 valence electrons. The molecule has 1 heterocycles. The first kappa shape index (κ1) is 8.72. The molecule has 3 aliphatic rings. The summed E-state index contributed by atoms with van der Waals surface area (Å²) < 4.78 is 0. The van der Waals surface area contributed by atoms with E-state index in [4.69, 9.17) is 0 Å². The average Bonchev–Trinajstić information content (AvgIpc) is 2.60. The van der Waals surface area contributed by atoms with E-state index in [0.717, 1.165) is 12.3 Å². The van der Waals surface area contributed by atoms with E-state index in [9.17, 15) is 4.79 Å². The molecule has 1 unspecified atom stereocenters. The standard InChI is InChI=1S/C11H18N2O/c1-10(2)7-4-5-11(10)8(6-7)12-13(3)9(11)14/h7-8,12H,4-6H2,1-3H3/t7-,8?,11+/m1/s1. The van der Waals surface area contributed by atoms with Crippen LogP contribution in [-0.4, -0.2) is 24.0 Å². The lowest BCUT2D eigenvalue weighted by atomic mass is 9.68. The zero-order valence-corrected chi connectivity index (χ0v) is 9.13. The number of rotatable bonds is 0. The average molecular weight is 194 g/mol. The molecule has 3 nitrogen and oxygen atoms in total. The van der Waals surface area contributed by atoms with Gasteiger partial charge in [0.15, 0.2) is 0 Å². The van der Waals surface area contributed by atoms with Crippen molar-refractivity contribution in [2.24, 2.45) is 16.7 Å². The SMILES string of the molecule is CN1NC2C[C@H]3CC[C@]2(C1=O)C3(C)C. The molecule has 3 fully saturated rings. The van der Waals surface area contributed by atoms with Gasteiger partial charge in [-0.3, -0.25) is 9.80 Å². The van der Waals surface area contributed by atoms with Crippen molar-refractivity contribution in [3.05, 3.63) is 0 Å². The van der Waals surface area contributed by atoms with Gasteiger partial charge in [-0.1, -0.05) is 13.8 Å². The molecule has 0 aromatic heterocycles. The molecule has 1 aliphatic heterocycles. The van der Waals surface area contributed by atoms with Crippen LogP contribution in [0.5, 0.6) is 0 Å². The van der Waals surface area contributed by atoms with Crippen LogP contribution in [0.1, 0.15) is 33.1 Å². The molecule has 3 rings (SSSR count). The largest absolute Gasteiger partial charge is 0.280 e. The maximum atomic E-state index is 12.2. The molecule has 1 saturated heterocycles. The molecule has 2 saturated carbocycles.